The quantitative estimate of drug-likeness (QED) is 0.170. The molecule has 13 atom stereocenters. The first-order valence-corrected chi connectivity index (χ1v) is 20.8. The maximum Gasteiger partial charge on any atom is 0.425 e. The van der Waals surface area contributed by atoms with Gasteiger partial charge >= 0.3 is 12.1 Å². The molecular formula is C42H65N7O10. The monoisotopic (exact) mass is 827 g/mol. The van der Waals surface area contributed by atoms with Crippen LogP contribution in [0, 0.1) is 17.8 Å². The molecule has 0 aromatic carbocycles. The summed E-state index contributed by atoms with van der Waals surface area (Å²) in [6.07, 6.45) is 3.46. The lowest BCUT2D eigenvalue weighted by atomic mass is 9.79. The number of nitrogens with zero attached hydrogens (tertiary/aromatic N) is 5. The number of Topliss-reactive ketones (excluding diaryl/α,β-unsaturated/α-hetero) is 1. The summed E-state index contributed by atoms with van der Waals surface area (Å²) in [5.41, 5.74) is 2.16. The maximum absolute atomic E-state index is 14.4. The number of carbonyl (C=O) groups is 4. The summed E-state index contributed by atoms with van der Waals surface area (Å²) in [6.45, 7) is 14.7. The summed E-state index contributed by atoms with van der Waals surface area (Å²) in [4.78, 5) is 66.9. The fourth-order valence-electron chi connectivity index (χ4n) is 9.00. The van der Waals surface area contributed by atoms with Crippen molar-refractivity contribution in [3.63, 3.8) is 0 Å². The van der Waals surface area contributed by atoms with Crippen LogP contribution in [0.2, 0.25) is 0 Å². The lowest BCUT2D eigenvalue weighted by molar-refractivity contribution is -0.295. The number of hydrogen-bond donors (Lipinski definition) is 3. The van der Waals surface area contributed by atoms with Crippen LogP contribution in [-0.4, -0.2) is 141 Å². The van der Waals surface area contributed by atoms with E-state index in [2.05, 4.69) is 20.7 Å². The third-order valence-corrected chi connectivity index (χ3v) is 12.4. The van der Waals surface area contributed by atoms with E-state index in [1.807, 2.05) is 55.7 Å². The second-order valence-electron chi connectivity index (χ2n) is 17.2. The molecule has 2 amide bonds. The Hall–Kier alpha value is -4.00. The van der Waals surface area contributed by atoms with Gasteiger partial charge in [0.2, 0.25) is 5.91 Å². The average molecular weight is 828 g/mol. The number of hydrazine groups is 1. The smallest absolute Gasteiger partial charge is 0.425 e. The highest BCUT2D eigenvalue weighted by molar-refractivity contribution is 6.00. The number of likely N-dealkylation sites (N-methyl/N-ethyl adjacent to an activating group) is 1. The molecule has 2 aromatic rings. The van der Waals surface area contributed by atoms with E-state index in [9.17, 15) is 24.3 Å². The Morgan fingerprint density at radius 3 is 2.47 bits per heavy atom. The van der Waals surface area contributed by atoms with Gasteiger partial charge in [-0.3, -0.25) is 19.4 Å². The Morgan fingerprint density at radius 1 is 1.10 bits per heavy atom. The van der Waals surface area contributed by atoms with Gasteiger partial charge in [0.25, 0.3) is 0 Å². The van der Waals surface area contributed by atoms with E-state index in [4.69, 9.17) is 23.7 Å². The number of fused-ring (bicyclic) bond motifs is 1. The topological polar surface area (TPSA) is 196 Å². The largest absolute Gasteiger partial charge is 0.458 e. The third-order valence-electron chi connectivity index (χ3n) is 12.4. The van der Waals surface area contributed by atoms with Crippen molar-refractivity contribution >= 4 is 23.8 Å². The minimum Gasteiger partial charge on any atom is -0.458 e. The van der Waals surface area contributed by atoms with Crippen LogP contribution in [0.3, 0.4) is 0 Å². The van der Waals surface area contributed by atoms with E-state index in [1.165, 1.54) is 19.0 Å². The summed E-state index contributed by atoms with van der Waals surface area (Å²) in [5, 5.41) is 15.9. The molecule has 17 heteroatoms. The van der Waals surface area contributed by atoms with Gasteiger partial charge in [0.05, 0.1) is 35.7 Å². The number of nitrogens with one attached hydrogen (secondary N) is 2. The van der Waals surface area contributed by atoms with E-state index in [0.717, 1.165) is 11.3 Å². The van der Waals surface area contributed by atoms with Gasteiger partial charge in [0, 0.05) is 62.4 Å². The predicted molar refractivity (Wildman–Crippen MR) is 216 cm³/mol. The summed E-state index contributed by atoms with van der Waals surface area (Å²) in [6, 6.07) is 2.04. The number of ketones is 1. The second-order valence-corrected chi connectivity index (χ2v) is 17.2. The number of pyridine rings is 1. The van der Waals surface area contributed by atoms with Crippen LogP contribution in [0.25, 0.3) is 11.3 Å². The molecule has 0 saturated carbocycles. The van der Waals surface area contributed by atoms with E-state index in [0.29, 0.717) is 25.9 Å². The van der Waals surface area contributed by atoms with Gasteiger partial charge in [-0.2, -0.15) is 0 Å². The Morgan fingerprint density at radius 2 is 1.83 bits per heavy atom. The summed E-state index contributed by atoms with van der Waals surface area (Å²) in [7, 11) is 5.23. The Labute approximate surface area is 347 Å². The number of ether oxygens (including phenoxy) is 5. The van der Waals surface area contributed by atoms with Crippen LogP contribution >= 0.6 is 0 Å². The molecule has 59 heavy (non-hydrogen) atoms. The first kappa shape index (κ1) is 46.1. The molecule has 3 N–H and O–H groups in total. The number of esters is 1. The van der Waals surface area contributed by atoms with Gasteiger partial charge in [-0.1, -0.05) is 20.8 Å². The number of aromatic nitrogens is 3. The number of aliphatic hydroxyl groups excluding tert-OH is 1. The molecular weight excluding hydrogens is 763 g/mol. The Kier molecular flexibility index (Phi) is 15.0. The van der Waals surface area contributed by atoms with Crippen molar-refractivity contribution in [2.45, 2.75) is 148 Å². The molecule has 3 aliphatic rings. The number of aryl methyl sites for hydroxylation is 1. The molecule has 17 nitrogen and oxygen atoms in total. The van der Waals surface area contributed by atoms with Gasteiger partial charge in [0.15, 0.2) is 17.7 Å². The number of hydrogen-bond acceptors (Lipinski definition) is 14. The van der Waals surface area contributed by atoms with Crippen molar-refractivity contribution in [2.75, 3.05) is 27.7 Å². The molecule has 3 fully saturated rings. The fourth-order valence-corrected chi connectivity index (χ4v) is 9.00. The molecule has 0 spiro atoms. The molecule has 0 aliphatic carbocycles. The first-order valence-electron chi connectivity index (χ1n) is 20.8. The number of rotatable bonds is 11. The van der Waals surface area contributed by atoms with Crippen LogP contribution in [0.1, 0.15) is 81.1 Å². The minimum atomic E-state index is -1.49. The summed E-state index contributed by atoms with van der Waals surface area (Å²) in [5.74, 6) is -4.75. The molecule has 0 radical (unpaired) electrons. The molecule has 328 valence electrons. The number of carbonyl (C=O) groups excluding carboxylic acids is 4. The van der Waals surface area contributed by atoms with E-state index >= 15 is 0 Å². The zero-order valence-corrected chi connectivity index (χ0v) is 36.4. The van der Waals surface area contributed by atoms with Crippen LogP contribution in [0.4, 0.5) is 4.79 Å². The lowest BCUT2D eigenvalue weighted by Crippen LogP contribution is -2.61. The molecule has 0 bridgehead atoms. The molecule has 5 heterocycles. The van der Waals surface area contributed by atoms with Crippen molar-refractivity contribution in [1.82, 2.24) is 35.2 Å². The third kappa shape index (κ3) is 9.97. The lowest BCUT2D eigenvalue weighted by Gasteiger charge is -2.46. The standard InChI is InChI=1S/C42H65N7O10/c1-12-32-42(8)35(49(40(54)59-42)45-17-14-18-48-22-30(44-23-48)29-15-13-16-43-21-29)28(6)37(52)46-24(2)20-41(7,55-11)36(26(4)33(50)27(5)38(53)57-32)58-39-34(51)31(47(9)10)19-25(3)56-39/h13,15-16,21-28,31-32,34-36,39,45,51H,12,14,17-20H2,1-11H3,(H,46,52)/t24-,25-,26+,27-,28?,31+,32-,34-,35-,36-,39+,41+,42-/m1/s1. The van der Waals surface area contributed by atoms with Crippen molar-refractivity contribution in [2.24, 2.45) is 17.8 Å². The first-order chi connectivity index (χ1) is 27.8. The average Bonchev–Trinajstić information content (AvgIpc) is 3.78. The van der Waals surface area contributed by atoms with Crippen molar-refractivity contribution in [1.29, 1.82) is 0 Å². The number of aliphatic hydroxyl groups is 1. The highest BCUT2D eigenvalue weighted by Gasteiger charge is 2.60. The molecule has 5 rings (SSSR count). The van der Waals surface area contributed by atoms with Gasteiger partial charge in [-0.15, -0.1) is 0 Å². The molecule has 2 aromatic heterocycles. The van der Waals surface area contributed by atoms with Crippen LogP contribution in [0.15, 0.2) is 37.1 Å². The van der Waals surface area contributed by atoms with Crippen LogP contribution in [-0.2, 0) is 44.6 Å². The zero-order chi connectivity index (χ0) is 43.4. The molecule has 1 unspecified atom stereocenters. The second kappa shape index (κ2) is 19.1. The van der Waals surface area contributed by atoms with Crippen LogP contribution in [0.5, 0.6) is 0 Å². The van der Waals surface area contributed by atoms with Crippen molar-refractivity contribution < 1.29 is 48.0 Å². The van der Waals surface area contributed by atoms with Crippen LogP contribution < -0.4 is 10.7 Å². The van der Waals surface area contributed by atoms with Gasteiger partial charge in [0.1, 0.15) is 24.2 Å². The van der Waals surface area contributed by atoms with Crippen molar-refractivity contribution in [3.8, 4) is 11.3 Å². The highest BCUT2D eigenvalue weighted by Crippen LogP contribution is 2.40. The SMILES string of the molecule is CC[C@H]1OC(=O)[C@H](C)C(=O)[C@H](C)[C@@H](O[C@@H]2O[C@H](C)C[C@H](N(C)C)[C@H]2O)[C@@](C)(OC)C[C@@H](C)NC(=O)C(C)[C@H]2N(NCCCn3cnc(-c4cccnc4)c3)C(=O)O[C@]12C. The molecule has 3 saturated heterocycles. The Balaban J connectivity index is 1.41. The number of cyclic esters (lactones) is 1. The van der Waals surface area contributed by atoms with Crippen molar-refractivity contribution in [3.05, 3.63) is 37.1 Å². The Bertz CT molecular complexity index is 1760. The van der Waals surface area contributed by atoms with Gasteiger partial charge in [-0.25, -0.2) is 20.2 Å². The van der Waals surface area contributed by atoms with Gasteiger partial charge < -0.3 is 43.6 Å². The fraction of sp³-hybridized carbons (Fsp3) is 0.714. The minimum absolute atomic E-state index is 0.173. The number of amides is 2. The predicted octanol–water partition coefficient (Wildman–Crippen LogP) is 3.34. The van der Waals surface area contributed by atoms with E-state index in [-0.39, 0.29) is 30.9 Å². The molecule has 3 aliphatic heterocycles. The normalized spacial score (nSPS) is 36.4. The maximum atomic E-state index is 14.4. The zero-order valence-electron chi connectivity index (χ0n) is 36.4. The summed E-state index contributed by atoms with van der Waals surface area (Å²) >= 11 is 0. The van der Waals surface area contributed by atoms with Gasteiger partial charge in [-0.05, 0) is 86.5 Å². The van der Waals surface area contributed by atoms with E-state index < -0.39 is 83.5 Å². The summed E-state index contributed by atoms with van der Waals surface area (Å²) < 4.78 is 33.0. The highest BCUT2D eigenvalue weighted by atomic mass is 16.7. The number of imidazole rings is 1. The van der Waals surface area contributed by atoms with E-state index in [1.54, 1.807) is 53.3 Å². The number of methoxy groups -OCH3 is 1.